The van der Waals surface area contributed by atoms with Crippen molar-refractivity contribution in [1.82, 2.24) is 4.98 Å². The smallest absolute Gasteiger partial charge is 0.379 e. The summed E-state index contributed by atoms with van der Waals surface area (Å²) in [6, 6.07) is 4.74. The van der Waals surface area contributed by atoms with Crippen LogP contribution in [0.3, 0.4) is 0 Å². The molecule has 0 saturated carbocycles. The first-order chi connectivity index (χ1) is 15.7. The van der Waals surface area contributed by atoms with Crippen LogP contribution in [-0.4, -0.2) is 21.9 Å². The lowest BCUT2D eigenvalue weighted by molar-refractivity contribution is -0.275. The van der Waals surface area contributed by atoms with E-state index in [4.69, 9.17) is 0 Å². The minimum absolute atomic E-state index is 0.0163. The molecule has 2 N–H and O–H groups in total. The summed E-state index contributed by atoms with van der Waals surface area (Å²) in [7, 11) is 0. The Hall–Kier alpha value is -3.14. The molecule has 34 heavy (non-hydrogen) atoms. The van der Waals surface area contributed by atoms with Gasteiger partial charge in [-0.15, -0.1) is 4.91 Å². The standard InChI is InChI=1S/C24H22F5N3O2/c1-11-9-14-17(20(32-34)18(11)26)22(3,4)10-23(33,24(27,28)29)21(14)31-16-8-7-15(25)19-13(16)6-5-12(2)30-19/h5-9,21,31,33H,10H2,1-4H3. The van der Waals surface area contributed by atoms with Gasteiger partial charge in [0, 0.05) is 16.8 Å². The normalized spacial score (nSPS) is 21.9. The van der Waals surface area contributed by atoms with Crippen LogP contribution >= 0.6 is 0 Å². The number of alkyl halides is 3. The second-order valence-electron chi connectivity index (χ2n) is 9.42. The first-order valence-electron chi connectivity index (χ1n) is 10.5. The van der Waals surface area contributed by atoms with E-state index in [9.17, 15) is 32.0 Å². The lowest BCUT2D eigenvalue weighted by atomic mass is 9.62. The van der Waals surface area contributed by atoms with E-state index in [0.29, 0.717) is 5.69 Å². The van der Waals surface area contributed by atoms with Crippen molar-refractivity contribution in [2.24, 2.45) is 5.18 Å². The van der Waals surface area contributed by atoms with Gasteiger partial charge in [-0.25, -0.2) is 13.8 Å². The highest BCUT2D eigenvalue weighted by Gasteiger charge is 2.64. The van der Waals surface area contributed by atoms with Gasteiger partial charge in [0.1, 0.15) is 17.0 Å². The average molecular weight is 479 g/mol. The summed E-state index contributed by atoms with van der Waals surface area (Å²) in [4.78, 5) is 15.7. The number of pyridine rings is 1. The summed E-state index contributed by atoms with van der Waals surface area (Å²) in [5.74, 6) is -1.59. The van der Waals surface area contributed by atoms with Gasteiger partial charge in [-0.05, 0) is 71.8 Å². The van der Waals surface area contributed by atoms with E-state index in [1.54, 1.807) is 13.0 Å². The van der Waals surface area contributed by atoms with E-state index in [1.165, 1.54) is 39.0 Å². The quantitative estimate of drug-likeness (QED) is 0.326. The van der Waals surface area contributed by atoms with Crippen molar-refractivity contribution in [3.63, 3.8) is 0 Å². The molecule has 0 amide bonds. The van der Waals surface area contributed by atoms with Crippen molar-refractivity contribution >= 4 is 22.3 Å². The Balaban J connectivity index is 2.02. The Kier molecular flexibility index (Phi) is 5.43. The third kappa shape index (κ3) is 3.51. The van der Waals surface area contributed by atoms with Crippen LogP contribution in [0, 0.1) is 30.4 Å². The van der Waals surface area contributed by atoms with E-state index in [1.807, 2.05) is 0 Å². The van der Waals surface area contributed by atoms with Crippen LogP contribution in [0.25, 0.3) is 10.9 Å². The Morgan fingerprint density at radius 2 is 1.82 bits per heavy atom. The van der Waals surface area contributed by atoms with E-state index in [2.05, 4.69) is 15.5 Å². The summed E-state index contributed by atoms with van der Waals surface area (Å²) in [5, 5.41) is 16.8. The van der Waals surface area contributed by atoms with Gasteiger partial charge in [0.2, 0.25) is 0 Å². The minimum Gasteiger partial charge on any atom is -0.379 e. The number of aromatic nitrogens is 1. The van der Waals surface area contributed by atoms with E-state index < -0.39 is 47.0 Å². The molecule has 1 aliphatic carbocycles. The Morgan fingerprint density at radius 1 is 1.15 bits per heavy atom. The summed E-state index contributed by atoms with van der Waals surface area (Å²) in [6.07, 6.45) is -5.96. The largest absolute Gasteiger partial charge is 0.419 e. The van der Waals surface area contributed by atoms with Crippen LogP contribution in [0.5, 0.6) is 0 Å². The highest BCUT2D eigenvalue weighted by molar-refractivity contribution is 5.92. The molecule has 4 rings (SSSR count). The van der Waals surface area contributed by atoms with Gasteiger partial charge in [0.05, 0.1) is 6.04 Å². The monoisotopic (exact) mass is 479 g/mol. The SMILES string of the molecule is Cc1ccc2c(NC3c4cc(C)c(F)c(N=O)c4C(C)(C)CC3(O)C(F)(F)F)ccc(F)c2n1. The predicted molar refractivity (Wildman–Crippen MR) is 118 cm³/mol. The second kappa shape index (κ2) is 7.69. The van der Waals surface area contributed by atoms with Crippen molar-refractivity contribution < 1.29 is 27.1 Å². The number of nitrogens with zero attached hydrogens (tertiary/aromatic N) is 2. The zero-order valence-corrected chi connectivity index (χ0v) is 18.8. The number of nitroso groups, excluding NO2 is 1. The molecule has 2 atom stereocenters. The van der Waals surface area contributed by atoms with Crippen molar-refractivity contribution in [3.8, 4) is 0 Å². The van der Waals surface area contributed by atoms with E-state index in [0.717, 1.165) is 6.07 Å². The van der Waals surface area contributed by atoms with Crippen molar-refractivity contribution in [1.29, 1.82) is 0 Å². The Bertz CT molecular complexity index is 1320. The molecule has 10 heteroatoms. The first-order valence-corrected chi connectivity index (χ1v) is 10.5. The molecule has 0 fully saturated rings. The third-order valence-electron chi connectivity index (χ3n) is 6.46. The molecular formula is C24H22F5N3O2. The number of benzene rings is 2. The Morgan fingerprint density at radius 3 is 2.44 bits per heavy atom. The fourth-order valence-corrected chi connectivity index (χ4v) is 4.97. The summed E-state index contributed by atoms with van der Waals surface area (Å²) in [5.41, 5.74) is -5.01. The lowest BCUT2D eigenvalue weighted by Gasteiger charge is -2.49. The van der Waals surface area contributed by atoms with Crippen molar-refractivity contribution in [3.05, 3.63) is 69.3 Å². The minimum atomic E-state index is -5.10. The second-order valence-corrected chi connectivity index (χ2v) is 9.42. The number of aryl methyl sites for hydroxylation is 2. The Labute approximate surface area is 192 Å². The zero-order chi connectivity index (χ0) is 25.2. The maximum atomic E-state index is 14.8. The van der Waals surface area contributed by atoms with Gasteiger partial charge < -0.3 is 10.4 Å². The van der Waals surface area contributed by atoms with Gasteiger partial charge in [0.15, 0.2) is 11.4 Å². The topological polar surface area (TPSA) is 74.6 Å². The molecule has 0 aliphatic heterocycles. The first kappa shape index (κ1) is 24.0. The maximum Gasteiger partial charge on any atom is 0.419 e. The summed E-state index contributed by atoms with van der Waals surface area (Å²) in [6.45, 7) is 5.73. The summed E-state index contributed by atoms with van der Waals surface area (Å²) < 4.78 is 72.3. The van der Waals surface area contributed by atoms with Crippen molar-refractivity contribution in [2.45, 2.75) is 57.3 Å². The van der Waals surface area contributed by atoms with Crippen molar-refractivity contribution in [2.75, 3.05) is 5.32 Å². The lowest BCUT2D eigenvalue weighted by Crippen LogP contribution is -2.58. The molecule has 2 aromatic carbocycles. The fraction of sp³-hybridized carbons (Fsp3) is 0.375. The van der Waals surface area contributed by atoms with E-state index >= 15 is 0 Å². The van der Waals surface area contributed by atoms with Crippen LogP contribution in [0.2, 0.25) is 0 Å². The van der Waals surface area contributed by atoms with Gasteiger partial charge >= 0.3 is 6.18 Å². The van der Waals surface area contributed by atoms with Gasteiger partial charge in [-0.2, -0.15) is 13.2 Å². The predicted octanol–water partition coefficient (Wildman–Crippen LogP) is 6.66. The highest BCUT2D eigenvalue weighted by atomic mass is 19.4. The molecule has 2 unspecified atom stereocenters. The van der Waals surface area contributed by atoms with Gasteiger partial charge in [-0.3, -0.25) is 0 Å². The molecule has 1 aliphatic rings. The van der Waals surface area contributed by atoms with Crippen LogP contribution in [0.15, 0.2) is 35.5 Å². The number of halogens is 5. The molecule has 0 saturated heterocycles. The molecule has 0 radical (unpaired) electrons. The molecule has 0 bridgehead atoms. The van der Waals surface area contributed by atoms with Gasteiger partial charge in [0.25, 0.3) is 0 Å². The molecule has 3 aromatic rings. The number of nitrogens with one attached hydrogen (secondary N) is 1. The number of rotatable bonds is 3. The number of fused-ring (bicyclic) bond motifs is 2. The number of anilines is 1. The molecule has 1 heterocycles. The number of hydrogen-bond acceptors (Lipinski definition) is 5. The van der Waals surface area contributed by atoms with Gasteiger partial charge in [-0.1, -0.05) is 19.9 Å². The molecule has 180 valence electrons. The number of aliphatic hydroxyl groups is 1. The van der Waals surface area contributed by atoms with Crippen LogP contribution in [0.4, 0.5) is 33.3 Å². The average Bonchev–Trinajstić information content (AvgIpc) is 2.73. The molecular weight excluding hydrogens is 457 g/mol. The van der Waals surface area contributed by atoms with Crippen LogP contribution in [0.1, 0.15) is 48.7 Å². The fourth-order valence-electron chi connectivity index (χ4n) is 4.97. The highest BCUT2D eigenvalue weighted by Crippen LogP contribution is 2.57. The number of hydrogen-bond donors (Lipinski definition) is 2. The van der Waals surface area contributed by atoms with E-state index in [-0.39, 0.29) is 33.3 Å². The molecule has 5 nitrogen and oxygen atoms in total. The molecule has 0 spiro atoms. The summed E-state index contributed by atoms with van der Waals surface area (Å²) >= 11 is 0. The molecule has 1 aromatic heterocycles. The maximum absolute atomic E-state index is 14.8. The zero-order valence-electron chi connectivity index (χ0n) is 18.8. The van der Waals surface area contributed by atoms with Crippen LogP contribution in [-0.2, 0) is 5.41 Å². The van der Waals surface area contributed by atoms with Crippen LogP contribution < -0.4 is 5.32 Å². The third-order valence-corrected chi connectivity index (χ3v) is 6.46.